The van der Waals surface area contributed by atoms with Crippen molar-refractivity contribution in [2.75, 3.05) is 5.75 Å². The van der Waals surface area contributed by atoms with Crippen LogP contribution >= 0.6 is 35.0 Å². The van der Waals surface area contributed by atoms with Gasteiger partial charge in [0.2, 0.25) is 0 Å². The summed E-state index contributed by atoms with van der Waals surface area (Å²) in [4.78, 5) is 12.9. The monoisotopic (exact) mass is 296 g/mol. The predicted molar refractivity (Wildman–Crippen MR) is 78.0 cm³/mol. The average molecular weight is 297 g/mol. The smallest absolute Gasteiger partial charge is 0.173 e. The molecule has 0 amide bonds. The van der Waals surface area contributed by atoms with Crippen LogP contribution in [0.25, 0.3) is 0 Å². The van der Waals surface area contributed by atoms with E-state index >= 15 is 0 Å². The van der Waals surface area contributed by atoms with Crippen LogP contribution in [0.15, 0.2) is 53.4 Å². The largest absolute Gasteiger partial charge is 0.293 e. The molecule has 1 nitrogen and oxygen atoms in total. The van der Waals surface area contributed by atoms with E-state index in [1.54, 1.807) is 24.3 Å². The van der Waals surface area contributed by atoms with Crippen molar-refractivity contribution >= 4 is 40.7 Å². The maximum atomic E-state index is 12.0. The summed E-state index contributed by atoms with van der Waals surface area (Å²) < 4.78 is 0. The number of ketones is 1. The van der Waals surface area contributed by atoms with Crippen LogP contribution in [0.4, 0.5) is 0 Å². The highest BCUT2D eigenvalue weighted by Crippen LogP contribution is 2.27. The van der Waals surface area contributed by atoms with E-state index in [0.717, 1.165) is 4.90 Å². The molecule has 0 spiro atoms. The molecule has 0 bridgehead atoms. The van der Waals surface area contributed by atoms with Crippen molar-refractivity contribution in [1.82, 2.24) is 0 Å². The molecule has 0 aliphatic rings. The number of carbonyl (C=O) groups excluding carboxylic acids is 1. The fourth-order valence-corrected chi connectivity index (χ4v) is 2.77. The average Bonchev–Trinajstić information content (AvgIpc) is 2.37. The van der Waals surface area contributed by atoms with Crippen LogP contribution < -0.4 is 0 Å². The van der Waals surface area contributed by atoms with Gasteiger partial charge in [-0.25, -0.2) is 0 Å². The summed E-state index contributed by atoms with van der Waals surface area (Å²) in [5.41, 5.74) is 0.627. The molecule has 92 valence electrons. The zero-order chi connectivity index (χ0) is 13.0. The van der Waals surface area contributed by atoms with E-state index < -0.39 is 0 Å². The summed E-state index contributed by atoms with van der Waals surface area (Å²) in [5, 5.41) is 1.24. The second-order valence-corrected chi connectivity index (χ2v) is 5.51. The van der Waals surface area contributed by atoms with Gasteiger partial charge in [-0.05, 0) is 24.3 Å². The van der Waals surface area contributed by atoms with E-state index in [9.17, 15) is 4.79 Å². The first-order valence-electron chi connectivity index (χ1n) is 5.33. The maximum Gasteiger partial charge on any atom is 0.173 e. The standard InChI is InChI=1S/C14H10Cl2OS/c15-11-5-3-4-10(8-11)13(17)9-18-14-7-2-1-6-12(14)16/h1-8H,9H2. The number of thioether (sulfide) groups is 1. The van der Waals surface area contributed by atoms with E-state index in [1.165, 1.54) is 11.8 Å². The minimum Gasteiger partial charge on any atom is -0.293 e. The molecular formula is C14H10Cl2OS. The second-order valence-electron chi connectivity index (χ2n) is 3.65. The van der Waals surface area contributed by atoms with Crippen LogP contribution in [0.5, 0.6) is 0 Å². The Balaban J connectivity index is 2.03. The molecule has 0 atom stereocenters. The van der Waals surface area contributed by atoms with Crippen molar-refractivity contribution in [2.45, 2.75) is 4.90 Å². The van der Waals surface area contributed by atoms with Crippen LogP contribution in [0.1, 0.15) is 10.4 Å². The summed E-state index contributed by atoms with van der Waals surface area (Å²) in [6.07, 6.45) is 0. The Morgan fingerprint density at radius 2 is 1.83 bits per heavy atom. The maximum absolute atomic E-state index is 12.0. The normalized spacial score (nSPS) is 10.3. The molecule has 0 heterocycles. The van der Waals surface area contributed by atoms with Gasteiger partial charge >= 0.3 is 0 Å². The molecule has 0 saturated heterocycles. The van der Waals surface area contributed by atoms with Crippen molar-refractivity contribution in [1.29, 1.82) is 0 Å². The lowest BCUT2D eigenvalue weighted by Gasteiger charge is -2.03. The Kier molecular flexibility index (Phi) is 4.70. The van der Waals surface area contributed by atoms with Gasteiger partial charge in [0.15, 0.2) is 5.78 Å². The first-order valence-corrected chi connectivity index (χ1v) is 7.07. The summed E-state index contributed by atoms with van der Waals surface area (Å²) in [5.74, 6) is 0.395. The van der Waals surface area contributed by atoms with Crippen molar-refractivity contribution in [3.05, 3.63) is 64.1 Å². The number of Topliss-reactive ketones (excluding diaryl/α,β-unsaturated/α-hetero) is 1. The van der Waals surface area contributed by atoms with Gasteiger partial charge in [0.1, 0.15) is 0 Å². The van der Waals surface area contributed by atoms with Gasteiger partial charge in [-0.1, -0.05) is 47.5 Å². The van der Waals surface area contributed by atoms with E-state index in [1.807, 2.05) is 24.3 Å². The summed E-state index contributed by atoms with van der Waals surface area (Å²) in [6.45, 7) is 0. The Morgan fingerprint density at radius 3 is 2.56 bits per heavy atom. The number of halogens is 2. The topological polar surface area (TPSA) is 17.1 Å². The number of benzene rings is 2. The quantitative estimate of drug-likeness (QED) is 0.585. The molecule has 2 aromatic carbocycles. The lowest BCUT2D eigenvalue weighted by molar-refractivity contribution is 0.102. The van der Waals surface area contributed by atoms with E-state index in [2.05, 4.69) is 0 Å². The van der Waals surface area contributed by atoms with Crippen molar-refractivity contribution < 1.29 is 4.79 Å². The molecule has 2 rings (SSSR count). The van der Waals surface area contributed by atoms with Gasteiger partial charge in [0.25, 0.3) is 0 Å². The zero-order valence-electron chi connectivity index (χ0n) is 9.40. The predicted octanol–water partition coefficient (Wildman–Crippen LogP) is 4.97. The molecule has 0 N–H and O–H groups in total. The fourth-order valence-electron chi connectivity index (χ4n) is 1.45. The summed E-state index contributed by atoms with van der Waals surface area (Å²) in [6, 6.07) is 14.4. The van der Waals surface area contributed by atoms with Gasteiger partial charge < -0.3 is 0 Å². The number of carbonyl (C=O) groups is 1. The van der Waals surface area contributed by atoms with Gasteiger partial charge in [-0.3, -0.25) is 4.79 Å². The van der Waals surface area contributed by atoms with Crippen molar-refractivity contribution in [2.24, 2.45) is 0 Å². The van der Waals surface area contributed by atoms with Crippen LogP contribution in [-0.2, 0) is 0 Å². The summed E-state index contributed by atoms with van der Waals surface area (Å²) in [7, 11) is 0. The molecule has 0 aliphatic carbocycles. The molecular weight excluding hydrogens is 287 g/mol. The lowest BCUT2D eigenvalue weighted by Crippen LogP contribution is -2.01. The Morgan fingerprint density at radius 1 is 1.06 bits per heavy atom. The fraction of sp³-hybridized carbons (Fsp3) is 0.0714. The van der Waals surface area contributed by atoms with Gasteiger partial charge in [0, 0.05) is 15.5 Å². The Labute approximate surface area is 120 Å². The van der Waals surface area contributed by atoms with Crippen molar-refractivity contribution in [3.63, 3.8) is 0 Å². The SMILES string of the molecule is O=C(CSc1ccccc1Cl)c1cccc(Cl)c1. The molecule has 0 unspecified atom stereocenters. The van der Waals surface area contributed by atoms with Crippen LogP contribution in [0, 0.1) is 0 Å². The van der Waals surface area contributed by atoms with Gasteiger partial charge in [-0.2, -0.15) is 0 Å². The lowest BCUT2D eigenvalue weighted by atomic mass is 10.1. The highest BCUT2D eigenvalue weighted by molar-refractivity contribution is 8.00. The molecule has 0 radical (unpaired) electrons. The Hall–Kier alpha value is -0.960. The molecule has 0 fully saturated rings. The molecule has 0 aromatic heterocycles. The first-order chi connectivity index (χ1) is 8.66. The number of hydrogen-bond donors (Lipinski definition) is 0. The van der Waals surface area contributed by atoms with Crippen molar-refractivity contribution in [3.8, 4) is 0 Å². The number of hydrogen-bond acceptors (Lipinski definition) is 2. The minimum absolute atomic E-state index is 0.0439. The summed E-state index contributed by atoms with van der Waals surface area (Å²) >= 11 is 13.3. The van der Waals surface area contributed by atoms with Gasteiger partial charge in [0.05, 0.1) is 10.8 Å². The highest BCUT2D eigenvalue weighted by Gasteiger charge is 2.08. The third-order valence-electron chi connectivity index (χ3n) is 2.34. The molecule has 18 heavy (non-hydrogen) atoms. The Bertz CT molecular complexity index is 569. The van der Waals surface area contributed by atoms with Crippen LogP contribution in [0.2, 0.25) is 10.0 Å². The van der Waals surface area contributed by atoms with Crippen LogP contribution in [0.3, 0.4) is 0 Å². The molecule has 4 heteroatoms. The third-order valence-corrected chi connectivity index (χ3v) is 4.09. The number of rotatable bonds is 4. The third kappa shape index (κ3) is 3.52. The molecule has 0 saturated carbocycles. The minimum atomic E-state index is 0.0439. The van der Waals surface area contributed by atoms with E-state index in [4.69, 9.17) is 23.2 Å². The highest BCUT2D eigenvalue weighted by atomic mass is 35.5. The zero-order valence-corrected chi connectivity index (χ0v) is 11.7. The first kappa shape index (κ1) is 13.5. The van der Waals surface area contributed by atoms with Crippen LogP contribution in [-0.4, -0.2) is 11.5 Å². The van der Waals surface area contributed by atoms with E-state index in [0.29, 0.717) is 21.4 Å². The second kappa shape index (κ2) is 6.28. The van der Waals surface area contributed by atoms with E-state index in [-0.39, 0.29) is 5.78 Å². The van der Waals surface area contributed by atoms with Gasteiger partial charge in [-0.15, -0.1) is 11.8 Å². The molecule has 0 aliphatic heterocycles. The molecule has 2 aromatic rings.